The predicted octanol–water partition coefficient (Wildman–Crippen LogP) is 2.93. The van der Waals surface area contributed by atoms with Crippen LogP contribution < -0.4 is 10.6 Å². The molecule has 1 aliphatic heterocycles. The van der Waals surface area contributed by atoms with Crippen molar-refractivity contribution in [1.82, 2.24) is 20.8 Å². The number of nitrogens with one attached hydrogen (secondary N) is 2. The van der Waals surface area contributed by atoms with Crippen molar-refractivity contribution in [2.75, 3.05) is 46.6 Å². The van der Waals surface area contributed by atoms with Crippen molar-refractivity contribution in [3.05, 3.63) is 35.2 Å². The summed E-state index contributed by atoms with van der Waals surface area (Å²) in [5.41, 5.74) is 0.835. The molecule has 0 atom stereocenters. The molecular weight excluding hydrogens is 406 g/mol. The van der Waals surface area contributed by atoms with E-state index < -0.39 is 0 Å². The fourth-order valence-electron chi connectivity index (χ4n) is 3.15. The van der Waals surface area contributed by atoms with Gasteiger partial charge in [-0.05, 0) is 37.3 Å². The first kappa shape index (κ1) is 22.5. The van der Waals surface area contributed by atoms with Crippen molar-refractivity contribution in [2.24, 2.45) is 10.9 Å². The van der Waals surface area contributed by atoms with E-state index in [2.05, 4.69) is 25.8 Å². The predicted molar refractivity (Wildman–Crippen MR) is 117 cm³/mol. The second-order valence-electron chi connectivity index (χ2n) is 7.18. The summed E-state index contributed by atoms with van der Waals surface area (Å²) in [4.78, 5) is 8.65. The van der Waals surface area contributed by atoms with Crippen LogP contribution in [0.15, 0.2) is 33.8 Å². The zero-order valence-corrected chi connectivity index (χ0v) is 18.2. The van der Waals surface area contributed by atoms with E-state index >= 15 is 0 Å². The molecule has 0 unspecified atom stereocenters. The van der Waals surface area contributed by atoms with Crippen LogP contribution in [0.2, 0.25) is 5.02 Å². The second-order valence-corrected chi connectivity index (χ2v) is 7.62. The minimum Gasteiger partial charge on any atom is -0.381 e. The maximum Gasteiger partial charge on any atom is 0.228 e. The summed E-state index contributed by atoms with van der Waals surface area (Å²) in [6.45, 7) is 4.74. The first-order chi connectivity index (χ1) is 14.7. The Hall–Kier alpha value is -2.16. The van der Waals surface area contributed by atoms with Gasteiger partial charge in [0.15, 0.2) is 5.96 Å². The van der Waals surface area contributed by atoms with Crippen LogP contribution in [0.4, 0.5) is 0 Å². The van der Waals surface area contributed by atoms with Gasteiger partial charge in [0.1, 0.15) is 0 Å². The Labute approximate surface area is 182 Å². The van der Waals surface area contributed by atoms with Gasteiger partial charge in [-0.2, -0.15) is 4.98 Å². The lowest BCUT2D eigenvalue weighted by Crippen LogP contribution is -2.39. The molecule has 0 aliphatic carbocycles. The van der Waals surface area contributed by atoms with Crippen LogP contribution in [0.1, 0.15) is 25.2 Å². The van der Waals surface area contributed by atoms with E-state index in [1.54, 1.807) is 7.05 Å². The number of halogens is 1. The number of hydrogen-bond donors (Lipinski definition) is 2. The van der Waals surface area contributed by atoms with Crippen LogP contribution in [-0.2, 0) is 15.9 Å². The summed E-state index contributed by atoms with van der Waals surface area (Å²) in [5.74, 6) is 2.49. The molecule has 8 nitrogen and oxygen atoms in total. The van der Waals surface area contributed by atoms with Crippen molar-refractivity contribution in [1.29, 1.82) is 0 Å². The molecule has 30 heavy (non-hydrogen) atoms. The molecular formula is C21H30ClN5O3. The molecule has 164 valence electrons. The normalized spacial score (nSPS) is 15.3. The number of guanidine groups is 1. The fraction of sp³-hybridized carbons (Fsp3) is 0.571. The van der Waals surface area contributed by atoms with Crippen LogP contribution in [0.3, 0.4) is 0 Å². The summed E-state index contributed by atoms with van der Waals surface area (Å²) < 4.78 is 16.5. The molecule has 0 saturated carbocycles. The largest absolute Gasteiger partial charge is 0.381 e. The van der Waals surface area contributed by atoms with Gasteiger partial charge in [-0.15, -0.1) is 0 Å². The zero-order chi connectivity index (χ0) is 21.0. The average Bonchev–Trinajstić information content (AvgIpc) is 3.24. The Morgan fingerprint density at radius 3 is 2.90 bits per heavy atom. The highest BCUT2D eigenvalue weighted by atomic mass is 35.5. The second kappa shape index (κ2) is 12.5. The monoisotopic (exact) mass is 435 g/mol. The molecule has 2 aromatic rings. The zero-order valence-electron chi connectivity index (χ0n) is 17.4. The summed E-state index contributed by atoms with van der Waals surface area (Å²) in [6.07, 6.45) is 3.74. The lowest BCUT2D eigenvalue weighted by atomic mass is 10.0. The highest BCUT2D eigenvalue weighted by Crippen LogP contribution is 2.20. The van der Waals surface area contributed by atoms with Gasteiger partial charge in [0.25, 0.3) is 0 Å². The van der Waals surface area contributed by atoms with Crippen LogP contribution >= 0.6 is 11.6 Å². The molecule has 1 saturated heterocycles. The molecule has 2 N–H and O–H groups in total. The van der Waals surface area contributed by atoms with E-state index in [-0.39, 0.29) is 0 Å². The van der Waals surface area contributed by atoms with Crippen LogP contribution in [0.5, 0.6) is 0 Å². The highest BCUT2D eigenvalue weighted by molar-refractivity contribution is 6.30. The molecule has 0 amide bonds. The van der Waals surface area contributed by atoms with Gasteiger partial charge in [0.05, 0.1) is 0 Å². The van der Waals surface area contributed by atoms with Gasteiger partial charge in [-0.3, -0.25) is 4.99 Å². The molecule has 3 rings (SSSR count). The van der Waals surface area contributed by atoms with Crippen LogP contribution in [-0.4, -0.2) is 62.7 Å². The Bertz CT molecular complexity index is 792. The summed E-state index contributed by atoms with van der Waals surface area (Å²) in [6, 6.07) is 7.39. The van der Waals surface area contributed by atoms with Gasteiger partial charge in [0, 0.05) is 63.6 Å². The SMILES string of the molecule is CN=C(NCCCOCC1CCOCC1)NCCc1nc(-c2cccc(Cl)c2)no1. The number of aromatic nitrogens is 2. The van der Waals surface area contributed by atoms with Crippen LogP contribution in [0, 0.1) is 5.92 Å². The topological polar surface area (TPSA) is 93.8 Å². The smallest absolute Gasteiger partial charge is 0.228 e. The van der Waals surface area contributed by atoms with Gasteiger partial charge in [0.2, 0.25) is 11.7 Å². The Morgan fingerprint density at radius 1 is 1.27 bits per heavy atom. The molecule has 1 fully saturated rings. The van der Waals surface area contributed by atoms with Crippen molar-refractivity contribution in [3.63, 3.8) is 0 Å². The highest BCUT2D eigenvalue weighted by Gasteiger charge is 2.13. The standard InChI is InChI=1S/C21H30ClN5O3/c1-23-21(24-9-3-11-29-15-16-7-12-28-13-8-16)25-10-6-19-26-20(27-30-19)17-4-2-5-18(22)14-17/h2,4-5,14,16H,3,6-13,15H2,1H3,(H2,23,24,25). The van der Waals surface area contributed by atoms with Gasteiger partial charge >= 0.3 is 0 Å². The average molecular weight is 436 g/mol. The van der Waals surface area contributed by atoms with Crippen molar-refractivity contribution in [2.45, 2.75) is 25.7 Å². The maximum absolute atomic E-state index is 6.01. The maximum atomic E-state index is 6.01. The third kappa shape index (κ3) is 7.59. The Morgan fingerprint density at radius 2 is 2.10 bits per heavy atom. The molecule has 9 heteroatoms. The van der Waals surface area contributed by atoms with E-state index in [0.29, 0.717) is 35.6 Å². The van der Waals surface area contributed by atoms with Crippen molar-refractivity contribution >= 4 is 17.6 Å². The first-order valence-electron chi connectivity index (χ1n) is 10.4. The minimum atomic E-state index is 0.538. The third-order valence-electron chi connectivity index (χ3n) is 4.86. The van der Waals surface area contributed by atoms with E-state index in [1.165, 1.54) is 0 Å². The Kier molecular flexibility index (Phi) is 9.40. The quantitative estimate of drug-likeness (QED) is 0.336. The lowest BCUT2D eigenvalue weighted by Gasteiger charge is -2.21. The number of rotatable bonds is 10. The van der Waals surface area contributed by atoms with Gasteiger partial charge in [-0.25, -0.2) is 0 Å². The molecule has 2 heterocycles. The summed E-state index contributed by atoms with van der Waals surface area (Å²) in [7, 11) is 1.75. The van der Waals surface area contributed by atoms with E-state index in [9.17, 15) is 0 Å². The molecule has 0 bridgehead atoms. The van der Waals surface area contributed by atoms with Gasteiger partial charge in [-0.1, -0.05) is 28.9 Å². The van der Waals surface area contributed by atoms with Crippen LogP contribution in [0.25, 0.3) is 11.4 Å². The van der Waals surface area contributed by atoms with E-state index in [0.717, 1.165) is 63.8 Å². The number of benzene rings is 1. The van der Waals surface area contributed by atoms with Crippen molar-refractivity contribution in [3.8, 4) is 11.4 Å². The molecule has 0 radical (unpaired) electrons. The molecule has 1 aliphatic rings. The fourth-order valence-corrected chi connectivity index (χ4v) is 3.34. The number of aliphatic imine (C=N–C) groups is 1. The number of nitrogens with zero attached hydrogens (tertiary/aromatic N) is 3. The number of ether oxygens (including phenoxy) is 2. The van der Waals surface area contributed by atoms with Gasteiger partial charge < -0.3 is 24.6 Å². The van der Waals surface area contributed by atoms with E-state index in [4.69, 9.17) is 25.6 Å². The lowest BCUT2D eigenvalue weighted by molar-refractivity contribution is 0.0203. The van der Waals surface area contributed by atoms with Crippen molar-refractivity contribution < 1.29 is 14.0 Å². The molecule has 1 aromatic carbocycles. The minimum absolute atomic E-state index is 0.538. The first-order valence-corrected chi connectivity index (χ1v) is 10.8. The molecule has 0 spiro atoms. The van der Waals surface area contributed by atoms with E-state index in [1.807, 2.05) is 24.3 Å². The third-order valence-corrected chi connectivity index (χ3v) is 5.09. The molecule has 1 aromatic heterocycles. The Balaban J connectivity index is 1.28. The summed E-state index contributed by atoms with van der Waals surface area (Å²) >= 11 is 6.01. The summed E-state index contributed by atoms with van der Waals surface area (Å²) in [5, 5.41) is 11.2. The number of hydrogen-bond acceptors (Lipinski definition) is 6.